The van der Waals surface area contributed by atoms with Gasteiger partial charge in [-0.05, 0) is 12.1 Å². The van der Waals surface area contributed by atoms with E-state index in [4.69, 9.17) is 4.74 Å². The number of ether oxygens (including phenoxy) is 1. The second-order valence-corrected chi connectivity index (χ2v) is 6.69. The van der Waals surface area contributed by atoms with Gasteiger partial charge in [-0.15, -0.1) is 0 Å². The fourth-order valence-electron chi connectivity index (χ4n) is 1.41. The summed E-state index contributed by atoms with van der Waals surface area (Å²) in [5.74, 6) is 0.944. The number of nitrogens with one attached hydrogen (secondary N) is 1. The third-order valence-corrected chi connectivity index (χ3v) is 4.30. The van der Waals surface area contributed by atoms with Crippen LogP contribution in [0.15, 0.2) is 30.3 Å². The molecule has 0 saturated carbocycles. The van der Waals surface area contributed by atoms with E-state index in [1.807, 2.05) is 30.3 Å². The average molecular weight is 287 g/mol. The van der Waals surface area contributed by atoms with E-state index in [-0.39, 0.29) is 18.1 Å². The Hall–Kier alpha value is -1.11. The number of para-hydroxylation sites is 1. The van der Waals surface area contributed by atoms with Gasteiger partial charge in [0.05, 0.1) is 5.75 Å². The van der Waals surface area contributed by atoms with Crippen LogP contribution in [-0.4, -0.2) is 50.8 Å². The first-order valence-electron chi connectivity index (χ1n) is 6.30. The van der Waals surface area contributed by atoms with Crippen LogP contribution in [0.4, 0.5) is 0 Å². The van der Waals surface area contributed by atoms with E-state index in [0.29, 0.717) is 18.8 Å². The largest absolute Gasteiger partial charge is 0.491 e. The molecule has 0 aliphatic heterocycles. The monoisotopic (exact) mass is 287 g/mol. The number of aliphatic hydroxyl groups excluding tert-OH is 1. The fourth-order valence-corrected chi connectivity index (χ4v) is 2.15. The van der Waals surface area contributed by atoms with Crippen LogP contribution in [0.1, 0.15) is 6.92 Å². The van der Waals surface area contributed by atoms with Crippen LogP contribution in [-0.2, 0) is 9.84 Å². The summed E-state index contributed by atoms with van der Waals surface area (Å²) in [4.78, 5) is 0. The van der Waals surface area contributed by atoms with Crippen LogP contribution < -0.4 is 10.1 Å². The molecule has 1 atom stereocenters. The summed E-state index contributed by atoms with van der Waals surface area (Å²) >= 11 is 0. The molecule has 2 N–H and O–H groups in total. The molecule has 5 nitrogen and oxygen atoms in total. The zero-order valence-electron chi connectivity index (χ0n) is 11.1. The summed E-state index contributed by atoms with van der Waals surface area (Å²) in [6.07, 6.45) is -0.662. The van der Waals surface area contributed by atoms with E-state index < -0.39 is 15.9 Å². The van der Waals surface area contributed by atoms with Gasteiger partial charge in [-0.1, -0.05) is 25.1 Å². The van der Waals surface area contributed by atoms with E-state index in [1.54, 1.807) is 6.92 Å². The molecule has 19 heavy (non-hydrogen) atoms. The zero-order chi connectivity index (χ0) is 14.1. The molecular weight excluding hydrogens is 266 g/mol. The molecule has 0 spiro atoms. The maximum Gasteiger partial charge on any atom is 0.151 e. The SMILES string of the molecule is CCS(=O)(=O)CCNCC(O)COc1ccccc1. The molecule has 0 fully saturated rings. The summed E-state index contributed by atoms with van der Waals surface area (Å²) in [6.45, 7) is 2.46. The molecule has 0 aromatic heterocycles. The van der Waals surface area contributed by atoms with Gasteiger partial charge in [0, 0.05) is 18.8 Å². The molecule has 0 bridgehead atoms. The Morgan fingerprint density at radius 2 is 2.00 bits per heavy atom. The molecule has 1 aromatic rings. The highest BCUT2D eigenvalue weighted by molar-refractivity contribution is 7.91. The van der Waals surface area contributed by atoms with Crippen LogP contribution in [0.25, 0.3) is 0 Å². The molecule has 0 aliphatic rings. The van der Waals surface area contributed by atoms with Crippen LogP contribution in [0.3, 0.4) is 0 Å². The highest BCUT2D eigenvalue weighted by Crippen LogP contribution is 2.08. The molecule has 108 valence electrons. The molecule has 0 radical (unpaired) electrons. The summed E-state index contributed by atoms with van der Waals surface area (Å²) in [5.41, 5.74) is 0. The third kappa shape index (κ3) is 7.15. The average Bonchev–Trinajstić information content (AvgIpc) is 2.42. The maximum atomic E-state index is 11.2. The predicted molar refractivity (Wildman–Crippen MR) is 75.1 cm³/mol. The van der Waals surface area contributed by atoms with E-state index >= 15 is 0 Å². The van der Waals surface area contributed by atoms with Crippen molar-refractivity contribution in [3.05, 3.63) is 30.3 Å². The van der Waals surface area contributed by atoms with Crippen molar-refractivity contribution in [3.8, 4) is 5.75 Å². The molecule has 1 aromatic carbocycles. The van der Waals surface area contributed by atoms with Crippen LogP contribution in [0.2, 0.25) is 0 Å². The standard InChI is InChI=1S/C13H21NO4S/c1-2-19(16,17)9-8-14-10-12(15)11-18-13-6-4-3-5-7-13/h3-7,12,14-15H,2,8-11H2,1H3. The van der Waals surface area contributed by atoms with Gasteiger partial charge in [-0.3, -0.25) is 0 Å². The van der Waals surface area contributed by atoms with Gasteiger partial charge in [0.25, 0.3) is 0 Å². The first kappa shape index (κ1) is 15.9. The van der Waals surface area contributed by atoms with Crippen molar-refractivity contribution in [1.29, 1.82) is 0 Å². The number of hydrogen-bond acceptors (Lipinski definition) is 5. The lowest BCUT2D eigenvalue weighted by molar-refractivity contribution is 0.107. The van der Waals surface area contributed by atoms with Crippen molar-refractivity contribution in [2.45, 2.75) is 13.0 Å². The molecular formula is C13H21NO4S. The van der Waals surface area contributed by atoms with E-state index in [1.165, 1.54) is 0 Å². The predicted octanol–water partition coefficient (Wildman–Crippen LogP) is 0.451. The van der Waals surface area contributed by atoms with Crippen LogP contribution in [0.5, 0.6) is 5.75 Å². The second kappa shape index (κ2) is 8.14. The first-order valence-corrected chi connectivity index (χ1v) is 8.12. The third-order valence-electron chi connectivity index (χ3n) is 2.60. The number of benzene rings is 1. The summed E-state index contributed by atoms with van der Waals surface area (Å²) in [7, 11) is -2.95. The number of aliphatic hydroxyl groups is 1. The Kier molecular flexibility index (Phi) is 6.83. The lowest BCUT2D eigenvalue weighted by atomic mass is 10.3. The molecule has 1 unspecified atom stereocenters. The van der Waals surface area contributed by atoms with Crippen molar-refractivity contribution in [2.24, 2.45) is 0 Å². The highest BCUT2D eigenvalue weighted by atomic mass is 32.2. The fraction of sp³-hybridized carbons (Fsp3) is 0.538. The normalized spacial score (nSPS) is 13.2. The van der Waals surface area contributed by atoms with Gasteiger partial charge < -0.3 is 15.2 Å². The Morgan fingerprint density at radius 3 is 2.63 bits per heavy atom. The minimum absolute atomic E-state index is 0.0930. The quantitative estimate of drug-likeness (QED) is 0.645. The molecule has 0 aliphatic carbocycles. The lowest BCUT2D eigenvalue weighted by Crippen LogP contribution is -2.34. The maximum absolute atomic E-state index is 11.2. The van der Waals surface area contributed by atoms with Crippen molar-refractivity contribution in [1.82, 2.24) is 5.32 Å². The van der Waals surface area contributed by atoms with E-state index in [2.05, 4.69) is 5.32 Å². The Bertz CT molecular complexity index is 447. The molecule has 0 amide bonds. The van der Waals surface area contributed by atoms with Crippen molar-refractivity contribution in [3.63, 3.8) is 0 Å². The topological polar surface area (TPSA) is 75.6 Å². The molecule has 0 saturated heterocycles. The lowest BCUT2D eigenvalue weighted by Gasteiger charge is -2.13. The molecule has 1 rings (SSSR count). The van der Waals surface area contributed by atoms with Gasteiger partial charge in [-0.25, -0.2) is 8.42 Å². The summed E-state index contributed by atoms with van der Waals surface area (Å²) in [6, 6.07) is 9.23. The van der Waals surface area contributed by atoms with Crippen molar-refractivity contribution >= 4 is 9.84 Å². The summed E-state index contributed by atoms with van der Waals surface area (Å²) < 4.78 is 27.8. The number of rotatable bonds is 9. The summed E-state index contributed by atoms with van der Waals surface area (Å²) in [5, 5.41) is 12.6. The Balaban J connectivity index is 2.13. The zero-order valence-corrected chi connectivity index (χ0v) is 11.9. The van der Waals surface area contributed by atoms with E-state index in [9.17, 15) is 13.5 Å². The Labute approximate surface area is 114 Å². The molecule has 0 heterocycles. The number of sulfone groups is 1. The second-order valence-electron chi connectivity index (χ2n) is 4.22. The smallest absolute Gasteiger partial charge is 0.151 e. The van der Waals surface area contributed by atoms with Crippen LogP contribution in [0, 0.1) is 0 Å². The van der Waals surface area contributed by atoms with Crippen molar-refractivity contribution in [2.75, 3.05) is 31.2 Å². The van der Waals surface area contributed by atoms with Gasteiger partial charge in [-0.2, -0.15) is 0 Å². The van der Waals surface area contributed by atoms with Crippen molar-refractivity contribution < 1.29 is 18.3 Å². The molecule has 6 heteroatoms. The minimum Gasteiger partial charge on any atom is -0.491 e. The highest BCUT2D eigenvalue weighted by Gasteiger charge is 2.08. The van der Waals surface area contributed by atoms with E-state index in [0.717, 1.165) is 0 Å². The van der Waals surface area contributed by atoms with Crippen LogP contribution >= 0.6 is 0 Å². The van der Waals surface area contributed by atoms with Gasteiger partial charge >= 0.3 is 0 Å². The first-order chi connectivity index (χ1) is 9.03. The number of hydrogen-bond donors (Lipinski definition) is 2. The minimum atomic E-state index is -2.95. The van der Waals surface area contributed by atoms with Gasteiger partial charge in [0.2, 0.25) is 0 Å². The van der Waals surface area contributed by atoms with Gasteiger partial charge in [0.15, 0.2) is 9.84 Å². The van der Waals surface area contributed by atoms with Gasteiger partial charge in [0.1, 0.15) is 18.5 Å². The Morgan fingerprint density at radius 1 is 1.32 bits per heavy atom.